The van der Waals surface area contributed by atoms with E-state index in [1.807, 2.05) is 6.07 Å². The fourth-order valence-corrected chi connectivity index (χ4v) is 2.33. The molecule has 0 atom stereocenters. The molecule has 0 aromatic carbocycles. The van der Waals surface area contributed by atoms with E-state index in [2.05, 4.69) is 46.8 Å². The predicted octanol–water partition coefficient (Wildman–Crippen LogP) is 3.33. The van der Waals surface area contributed by atoms with Crippen LogP contribution >= 0.6 is 11.3 Å². The van der Waals surface area contributed by atoms with Crippen LogP contribution in [0.15, 0.2) is 11.4 Å². The van der Waals surface area contributed by atoms with Crippen molar-refractivity contribution in [1.82, 2.24) is 9.97 Å². The normalized spacial score (nSPS) is 11.1. The van der Waals surface area contributed by atoms with Crippen LogP contribution in [0.25, 0.3) is 10.2 Å². The summed E-state index contributed by atoms with van der Waals surface area (Å²) in [6, 6.07) is 2.40. The molecule has 0 amide bonds. The van der Waals surface area contributed by atoms with Crippen LogP contribution in [0.5, 0.6) is 0 Å². The highest BCUT2D eigenvalue weighted by molar-refractivity contribution is 7.17. The third kappa shape index (κ3) is 2.85. The van der Waals surface area contributed by atoms with Gasteiger partial charge in [0.2, 0.25) is 5.95 Å². The van der Waals surface area contributed by atoms with Gasteiger partial charge in [0.15, 0.2) is 0 Å². The standard InChI is InChI=1S/C12H18N4S/c1-4-6-13-12-15-9-5-7-17-10(9)11(16-12)14-8(2)3/h5,7-8H,4,6H2,1-3H3,(H2,13,14,15,16). The maximum atomic E-state index is 4.53. The van der Waals surface area contributed by atoms with Gasteiger partial charge >= 0.3 is 0 Å². The first-order valence-corrected chi connectivity index (χ1v) is 6.84. The number of hydrogen-bond donors (Lipinski definition) is 2. The van der Waals surface area contributed by atoms with Gasteiger partial charge in [0, 0.05) is 12.6 Å². The Morgan fingerprint density at radius 1 is 1.35 bits per heavy atom. The molecule has 2 N–H and O–H groups in total. The van der Waals surface area contributed by atoms with Gasteiger partial charge < -0.3 is 10.6 Å². The molecule has 5 heteroatoms. The number of rotatable bonds is 5. The third-order valence-electron chi connectivity index (χ3n) is 2.26. The summed E-state index contributed by atoms with van der Waals surface area (Å²) in [5, 5.41) is 8.65. The van der Waals surface area contributed by atoms with Crippen LogP contribution in [-0.2, 0) is 0 Å². The summed E-state index contributed by atoms with van der Waals surface area (Å²) in [6.45, 7) is 7.25. The Morgan fingerprint density at radius 2 is 2.18 bits per heavy atom. The second kappa shape index (κ2) is 5.31. The molecule has 0 bridgehead atoms. The number of hydrogen-bond acceptors (Lipinski definition) is 5. The van der Waals surface area contributed by atoms with Crippen molar-refractivity contribution in [3.8, 4) is 0 Å². The highest BCUT2D eigenvalue weighted by atomic mass is 32.1. The van der Waals surface area contributed by atoms with Crippen molar-refractivity contribution in [2.45, 2.75) is 33.2 Å². The van der Waals surface area contributed by atoms with E-state index >= 15 is 0 Å². The van der Waals surface area contributed by atoms with Gasteiger partial charge in [-0.1, -0.05) is 6.92 Å². The average Bonchev–Trinajstić information content (AvgIpc) is 2.73. The molecule has 0 aliphatic carbocycles. The van der Waals surface area contributed by atoms with E-state index in [-0.39, 0.29) is 0 Å². The van der Waals surface area contributed by atoms with E-state index in [4.69, 9.17) is 0 Å². The molecule has 2 rings (SSSR count). The molecule has 0 fully saturated rings. The number of nitrogens with zero attached hydrogens (tertiary/aromatic N) is 2. The molecular formula is C12H18N4S. The van der Waals surface area contributed by atoms with E-state index < -0.39 is 0 Å². The molecule has 2 aromatic heterocycles. The molecule has 92 valence electrons. The summed E-state index contributed by atoms with van der Waals surface area (Å²) in [6.07, 6.45) is 1.07. The quantitative estimate of drug-likeness (QED) is 0.854. The first-order chi connectivity index (χ1) is 8.20. The second-order valence-electron chi connectivity index (χ2n) is 4.26. The number of nitrogens with one attached hydrogen (secondary N) is 2. The Morgan fingerprint density at radius 3 is 2.88 bits per heavy atom. The molecule has 0 saturated heterocycles. The lowest BCUT2D eigenvalue weighted by atomic mass is 10.3. The van der Waals surface area contributed by atoms with Crippen molar-refractivity contribution in [1.29, 1.82) is 0 Å². The molecule has 4 nitrogen and oxygen atoms in total. The van der Waals surface area contributed by atoms with E-state index in [1.54, 1.807) is 11.3 Å². The summed E-state index contributed by atoms with van der Waals surface area (Å²) in [5.74, 6) is 1.64. The van der Waals surface area contributed by atoms with Crippen LogP contribution in [0.3, 0.4) is 0 Å². The molecule has 0 unspecified atom stereocenters. The van der Waals surface area contributed by atoms with Crippen molar-refractivity contribution >= 4 is 33.3 Å². The molecule has 17 heavy (non-hydrogen) atoms. The van der Waals surface area contributed by atoms with Crippen molar-refractivity contribution < 1.29 is 0 Å². The van der Waals surface area contributed by atoms with Gasteiger partial charge in [-0.25, -0.2) is 4.98 Å². The van der Waals surface area contributed by atoms with Crippen LogP contribution in [0, 0.1) is 0 Å². The number of fused-ring (bicyclic) bond motifs is 1. The third-order valence-corrected chi connectivity index (χ3v) is 3.17. The minimum Gasteiger partial charge on any atom is -0.367 e. The van der Waals surface area contributed by atoms with Gasteiger partial charge in [-0.05, 0) is 31.7 Å². The van der Waals surface area contributed by atoms with Crippen LogP contribution in [0.2, 0.25) is 0 Å². The fourth-order valence-electron chi connectivity index (χ4n) is 1.55. The number of anilines is 2. The molecular weight excluding hydrogens is 232 g/mol. The second-order valence-corrected chi connectivity index (χ2v) is 5.17. The lowest BCUT2D eigenvalue weighted by Gasteiger charge is -2.11. The smallest absolute Gasteiger partial charge is 0.225 e. The largest absolute Gasteiger partial charge is 0.367 e. The van der Waals surface area contributed by atoms with Gasteiger partial charge in [-0.15, -0.1) is 11.3 Å². The summed E-state index contributed by atoms with van der Waals surface area (Å²) in [5.41, 5.74) is 1.01. The van der Waals surface area contributed by atoms with Gasteiger partial charge in [-0.3, -0.25) is 0 Å². The molecule has 0 aliphatic heterocycles. The van der Waals surface area contributed by atoms with E-state index in [1.165, 1.54) is 0 Å². The lowest BCUT2D eigenvalue weighted by Crippen LogP contribution is -2.13. The number of aromatic nitrogens is 2. The Labute approximate surface area is 105 Å². The van der Waals surface area contributed by atoms with Crippen molar-refractivity contribution in [3.05, 3.63) is 11.4 Å². The molecule has 2 aromatic rings. The van der Waals surface area contributed by atoms with Crippen LogP contribution in [0.1, 0.15) is 27.2 Å². The van der Waals surface area contributed by atoms with Crippen molar-refractivity contribution in [2.75, 3.05) is 17.2 Å². The van der Waals surface area contributed by atoms with Gasteiger partial charge in [0.05, 0.1) is 10.2 Å². The SMILES string of the molecule is CCCNc1nc(NC(C)C)c2sccc2n1. The molecule has 0 aliphatic rings. The Hall–Kier alpha value is -1.36. The zero-order valence-electron chi connectivity index (χ0n) is 10.4. The zero-order valence-corrected chi connectivity index (χ0v) is 11.3. The summed E-state index contributed by atoms with van der Waals surface area (Å²) >= 11 is 1.67. The first-order valence-electron chi connectivity index (χ1n) is 5.96. The molecule has 2 heterocycles. The average molecular weight is 250 g/mol. The Balaban J connectivity index is 2.36. The Kier molecular flexibility index (Phi) is 3.78. The first kappa shape index (κ1) is 12.1. The lowest BCUT2D eigenvalue weighted by molar-refractivity contribution is 0.888. The van der Waals surface area contributed by atoms with Gasteiger partial charge in [0.25, 0.3) is 0 Å². The summed E-state index contributed by atoms with van der Waals surface area (Å²) in [4.78, 5) is 9.02. The zero-order chi connectivity index (χ0) is 12.3. The van der Waals surface area contributed by atoms with Gasteiger partial charge in [0.1, 0.15) is 5.82 Å². The topological polar surface area (TPSA) is 49.8 Å². The molecule has 0 spiro atoms. The monoisotopic (exact) mass is 250 g/mol. The van der Waals surface area contributed by atoms with Crippen LogP contribution < -0.4 is 10.6 Å². The fraction of sp³-hybridized carbons (Fsp3) is 0.500. The minimum absolute atomic E-state index is 0.370. The highest BCUT2D eigenvalue weighted by Crippen LogP contribution is 2.27. The summed E-state index contributed by atoms with van der Waals surface area (Å²) in [7, 11) is 0. The minimum atomic E-state index is 0.370. The maximum absolute atomic E-state index is 4.53. The number of thiophene rings is 1. The van der Waals surface area contributed by atoms with Crippen molar-refractivity contribution in [3.63, 3.8) is 0 Å². The van der Waals surface area contributed by atoms with E-state index in [0.29, 0.717) is 12.0 Å². The van der Waals surface area contributed by atoms with E-state index in [9.17, 15) is 0 Å². The van der Waals surface area contributed by atoms with Crippen molar-refractivity contribution in [2.24, 2.45) is 0 Å². The van der Waals surface area contributed by atoms with E-state index in [0.717, 1.165) is 29.0 Å². The van der Waals surface area contributed by atoms with Gasteiger partial charge in [-0.2, -0.15) is 4.98 Å². The molecule has 0 saturated carbocycles. The highest BCUT2D eigenvalue weighted by Gasteiger charge is 2.09. The maximum Gasteiger partial charge on any atom is 0.225 e. The van der Waals surface area contributed by atoms with Crippen LogP contribution in [0.4, 0.5) is 11.8 Å². The van der Waals surface area contributed by atoms with Crippen LogP contribution in [-0.4, -0.2) is 22.6 Å². The summed E-state index contributed by atoms with van der Waals surface area (Å²) < 4.78 is 1.13. The predicted molar refractivity (Wildman–Crippen MR) is 75.0 cm³/mol. The Bertz CT molecular complexity index is 492. The molecule has 0 radical (unpaired) electrons.